The van der Waals surface area contributed by atoms with Crippen LogP contribution in [0.25, 0.3) is 10.2 Å². The summed E-state index contributed by atoms with van der Waals surface area (Å²) in [4.78, 5) is 35.0. The largest absolute Gasteiger partial charge is 0.447 e. The summed E-state index contributed by atoms with van der Waals surface area (Å²) in [6, 6.07) is 18.9. The Kier molecular flexibility index (Phi) is 5.92. The number of anilines is 2. The third-order valence-electron chi connectivity index (χ3n) is 5.41. The number of thiazole rings is 1. The maximum atomic E-state index is 13.5. The Labute approximate surface area is 198 Å². The van der Waals surface area contributed by atoms with Crippen LogP contribution >= 0.6 is 11.3 Å². The predicted octanol–water partition coefficient (Wildman–Crippen LogP) is 4.67. The first-order valence-electron chi connectivity index (χ1n) is 10.7. The lowest BCUT2D eigenvalue weighted by atomic mass is 10.1. The van der Waals surface area contributed by atoms with E-state index in [1.54, 1.807) is 6.92 Å². The van der Waals surface area contributed by atoms with Crippen LogP contribution in [0.1, 0.15) is 27.5 Å². The SMILES string of the molecule is Cc1c(C(=O)Nc2nc3ccccc3s2)c(NCc2ccccc2)cc(=O)n1Cc1ncco1. The summed E-state index contributed by atoms with van der Waals surface area (Å²) in [5.41, 5.74) is 2.90. The van der Waals surface area contributed by atoms with Gasteiger partial charge in [0.15, 0.2) is 5.13 Å². The number of benzene rings is 2. The second-order valence-electron chi connectivity index (χ2n) is 7.65. The van der Waals surface area contributed by atoms with Gasteiger partial charge in [-0.3, -0.25) is 14.9 Å². The van der Waals surface area contributed by atoms with E-state index in [4.69, 9.17) is 4.42 Å². The Morgan fingerprint density at radius 2 is 1.91 bits per heavy atom. The van der Waals surface area contributed by atoms with Gasteiger partial charge in [-0.2, -0.15) is 0 Å². The molecule has 0 spiro atoms. The average molecular weight is 472 g/mol. The van der Waals surface area contributed by atoms with Crippen molar-refractivity contribution in [2.75, 3.05) is 10.6 Å². The Hall–Kier alpha value is -4.24. The molecule has 0 aliphatic rings. The van der Waals surface area contributed by atoms with Gasteiger partial charge >= 0.3 is 0 Å². The van der Waals surface area contributed by atoms with E-state index in [0.29, 0.717) is 34.5 Å². The number of aromatic nitrogens is 3. The van der Waals surface area contributed by atoms with Crippen LogP contribution in [-0.2, 0) is 13.1 Å². The molecule has 170 valence electrons. The van der Waals surface area contributed by atoms with Crippen molar-refractivity contribution in [3.8, 4) is 0 Å². The number of pyridine rings is 1. The van der Waals surface area contributed by atoms with Gasteiger partial charge in [0, 0.05) is 18.3 Å². The highest BCUT2D eigenvalue weighted by molar-refractivity contribution is 7.22. The number of nitrogens with one attached hydrogen (secondary N) is 2. The summed E-state index contributed by atoms with van der Waals surface area (Å²) < 4.78 is 7.77. The topological polar surface area (TPSA) is 102 Å². The van der Waals surface area contributed by atoms with Gasteiger partial charge in [0.25, 0.3) is 11.5 Å². The van der Waals surface area contributed by atoms with Crippen molar-refractivity contribution in [3.63, 3.8) is 0 Å². The highest BCUT2D eigenvalue weighted by Crippen LogP contribution is 2.27. The van der Waals surface area contributed by atoms with Gasteiger partial charge in [0.1, 0.15) is 12.8 Å². The highest BCUT2D eigenvalue weighted by Gasteiger charge is 2.21. The number of carbonyl (C=O) groups excluding carboxylic acids is 1. The standard InChI is InChI=1S/C25H21N5O3S/c1-16-23(24(32)29-25-28-18-9-5-6-10-20(18)34-25)19(27-14-17-7-3-2-4-8-17)13-22(31)30(16)15-21-26-11-12-33-21/h2-13,27H,14-15H2,1H3,(H,28,29,32). The average Bonchev–Trinajstić information content (AvgIpc) is 3.50. The molecule has 0 fully saturated rings. The van der Waals surface area contributed by atoms with Crippen molar-refractivity contribution < 1.29 is 9.21 Å². The normalized spacial score (nSPS) is 11.0. The van der Waals surface area contributed by atoms with Crippen LogP contribution < -0.4 is 16.2 Å². The molecule has 0 aliphatic carbocycles. The second kappa shape index (κ2) is 9.32. The van der Waals surface area contributed by atoms with Crippen molar-refractivity contribution in [1.82, 2.24) is 14.5 Å². The van der Waals surface area contributed by atoms with Crippen LogP contribution in [0.4, 0.5) is 10.8 Å². The number of hydrogen-bond donors (Lipinski definition) is 2. The highest BCUT2D eigenvalue weighted by atomic mass is 32.1. The fraction of sp³-hybridized carbons (Fsp3) is 0.120. The molecule has 3 aromatic heterocycles. The van der Waals surface area contributed by atoms with Gasteiger partial charge in [0.2, 0.25) is 5.89 Å². The van der Waals surface area contributed by atoms with E-state index in [1.165, 1.54) is 34.4 Å². The molecule has 0 radical (unpaired) electrons. The molecule has 0 aliphatic heterocycles. The van der Waals surface area contributed by atoms with Gasteiger partial charge in [-0.15, -0.1) is 0 Å². The quantitative estimate of drug-likeness (QED) is 0.358. The molecule has 0 atom stereocenters. The molecule has 2 aromatic carbocycles. The molecule has 8 nitrogen and oxygen atoms in total. The number of oxazole rings is 1. The molecule has 34 heavy (non-hydrogen) atoms. The fourth-order valence-electron chi connectivity index (χ4n) is 3.74. The minimum Gasteiger partial charge on any atom is -0.447 e. The summed E-state index contributed by atoms with van der Waals surface area (Å²) in [7, 11) is 0. The van der Waals surface area contributed by atoms with E-state index in [2.05, 4.69) is 20.6 Å². The maximum absolute atomic E-state index is 13.5. The predicted molar refractivity (Wildman–Crippen MR) is 132 cm³/mol. The van der Waals surface area contributed by atoms with Crippen molar-refractivity contribution in [2.45, 2.75) is 20.0 Å². The first-order chi connectivity index (χ1) is 16.6. The zero-order valence-electron chi connectivity index (χ0n) is 18.3. The van der Waals surface area contributed by atoms with Gasteiger partial charge in [0.05, 0.1) is 27.7 Å². The van der Waals surface area contributed by atoms with Gasteiger partial charge in [-0.25, -0.2) is 9.97 Å². The Morgan fingerprint density at radius 3 is 2.68 bits per heavy atom. The molecule has 5 aromatic rings. The van der Waals surface area contributed by atoms with E-state index in [0.717, 1.165) is 15.8 Å². The van der Waals surface area contributed by atoms with Crippen LogP contribution in [0.2, 0.25) is 0 Å². The first kappa shape index (κ1) is 21.6. The lowest BCUT2D eigenvalue weighted by Gasteiger charge is -2.18. The maximum Gasteiger partial charge on any atom is 0.261 e. The van der Waals surface area contributed by atoms with E-state index < -0.39 is 0 Å². The second-order valence-corrected chi connectivity index (χ2v) is 8.68. The van der Waals surface area contributed by atoms with Crippen LogP contribution in [0.3, 0.4) is 0 Å². The number of para-hydroxylation sites is 1. The monoisotopic (exact) mass is 471 g/mol. The van der Waals surface area contributed by atoms with E-state index in [1.807, 2.05) is 54.6 Å². The summed E-state index contributed by atoms with van der Waals surface area (Å²) in [5.74, 6) is 0.0287. The lowest BCUT2D eigenvalue weighted by molar-refractivity contribution is 0.102. The van der Waals surface area contributed by atoms with Crippen molar-refractivity contribution in [3.05, 3.63) is 106 Å². The van der Waals surface area contributed by atoms with Crippen molar-refractivity contribution in [1.29, 1.82) is 0 Å². The van der Waals surface area contributed by atoms with Gasteiger partial charge in [-0.1, -0.05) is 53.8 Å². The van der Waals surface area contributed by atoms with Crippen LogP contribution in [0, 0.1) is 6.92 Å². The summed E-state index contributed by atoms with van der Waals surface area (Å²) >= 11 is 1.40. The Bertz CT molecular complexity index is 1470. The molecule has 0 saturated heterocycles. The number of amides is 1. The number of nitrogens with zero attached hydrogens (tertiary/aromatic N) is 3. The first-order valence-corrected chi connectivity index (χ1v) is 11.5. The van der Waals surface area contributed by atoms with Crippen LogP contribution in [0.5, 0.6) is 0 Å². The zero-order chi connectivity index (χ0) is 23.5. The summed E-state index contributed by atoms with van der Waals surface area (Å²) in [6.45, 7) is 2.33. The molecular formula is C25H21N5O3S. The van der Waals surface area contributed by atoms with E-state index in [-0.39, 0.29) is 18.0 Å². The molecule has 0 saturated carbocycles. The molecular weight excluding hydrogens is 450 g/mol. The summed E-state index contributed by atoms with van der Waals surface area (Å²) in [6.07, 6.45) is 2.97. The van der Waals surface area contributed by atoms with E-state index in [9.17, 15) is 9.59 Å². The molecule has 9 heteroatoms. The molecule has 3 heterocycles. The minimum absolute atomic E-state index is 0.123. The molecule has 1 amide bonds. The Balaban J connectivity index is 1.51. The number of fused-ring (bicyclic) bond motifs is 1. The lowest BCUT2D eigenvalue weighted by Crippen LogP contribution is -2.28. The number of hydrogen-bond acceptors (Lipinski definition) is 7. The number of rotatable bonds is 7. The number of carbonyl (C=O) groups is 1. The Morgan fingerprint density at radius 1 is 1.12 bits per heavy atom. The molecule has 0 bridgehead atoms. The minimum atomic E-state index is -0.353. The smallest absolute Gasteiger partial charge is 0.261 e. The molecule has 2 N–H and O–H groups in total. The van der Waals surface area contributed by atoms with Crippen LogP contribution in [0.15, 0.2) is 82.3 Å². The van der Waals surface area contributed by atoms with Gasteiger partial charge < -0.3 is 14.3 Å². The third kappa shape index (κ3) is 4.46. The molecule has 5 rings (SSSR count). The van der Waals surface area contributed by atoms with E-state index >= 15 is 0 Å². The van der Waals surface area contributed by atoms with Crippen molar-refractivity contribution in [2.24, 2.45) is 0 Å². The summed E-state index contributed by atoms with van der Waals surface area (Å²) in [5, 5.41) is 6.66. The third-order valence-corrected chi connectivity index (χ3v) is 6.37. The van der Waals surface area contributed by atoms with Crippen LogP contribution in [-0.4, -0.2) is 20.4 Å². The fourth-order valence-corrected chi connectivity index (χ4v) is 4.60. The molecule has 0 unspecified atom stereocenters. The van der Waals surface area contributed by atoms with Crippen molar-refractivity contribution >= 4 is 38.3 Å². The van der Waals surface area contributed by atoms with Gasteiger partial charge in [-0.05, 0) is 24.6 Å². The zero-order valence-corrected chi connectivity index (χ0v) is 19.1.